The summed E-state index contributed by atoms with van der Waals surface area (Å²) in [5, 5.41) is 0. The second-order valence-electron chi connectivity index (χ2n) is 4.19. The highest BCUT2D eigenvalue weighted by molar-refractivity contribution is 5.87. The SMILES string of the molecule is CCOC(=O)[C@@]1(c2ccccc2)CC1CN. The lowest BCUT2D eigenvalue weighted by atomic mass is 9.93. The minimum absolute atomic E-state index is 0.128. The van der Waals surface area contributed by atoms with Gasteiger partial charge < -0.3 is 10.5 Å². The minimum Gasteiger partial charge on any atom is -0.465 e. The summed E-state index contributed by atoms with van der Waals surface area (Å²) in [5.74, 6) is 0.102. The highest BCUT2D eigenvalue weighted by Gasteiger charge is 2.61. The Balaban J connectivity index is 2.28. The summed E-state index contributed by atoms with van der Waals surface area (Å²) in [4.78, 5) is 12.0. The number of esters is 1. The third-order valence-corrected chi connectivity index (χ3v) is 3.32. The van der Waals surface area contributed by atoms with Crippen molar-refractivity contribution in [3.05, 3.63) is 35.9 Å². The molecule has 1 aliphatic carbocycles. The fraction of sp³-hybridized carbons (Fsp3) is 0.462. The summed E-state index contributed by atoms with van der Waals surface area (Å²) in [6, 6.07) is 9.80. The molecule has 16 heavy (non-hydrogen) atoms. The van der Waals surface area contributed by atoms with Crippen molar-refractivity contribution in [3.8, 4) is 0 Å². The minimum atomic E-state index is -0.466. The molecule has 0 bridgehead atoms. The first-order valence-corrected chi connectivity index (χ1v) is 5.68. The first-order valence-electron chi connectivity index (χ1n) is 5.68. The molecule has 2 rings (SSSR count). The van der Waals surface area contributed by atoms with E-state index in [1.807, 2.05) is 37.3 Å². The Morgan fingerprint density at radius 2 is 2.19 bits per heavy atom. The predicted octanol–water partition coefficient (Wildman–Crippen LogP) is 1.47. The molecule has 1 aromatic carbocycles. The van der Waals surface area contributed by atoms with Crippen molar-refractivity contribution in [2.45, 2.75) is 18.8 Å². The average molecular weight is 219 g/mol. The van der Waals surface area contributed by atoms with Gasteiger partial charge in [-0.05, 0) is 31.4 Å². The van der Waals surface area contributed by atoms with Gasteiger partial charge in [0, 0.05) is 0 Å². The van der Waals surface area contributed by atoms with Crippen molar-refractivity contribution >= 4 is 5.97 Å². The molecule has 0 radical (unpaired) electrons. The van der Waals surface area contributed by atoms with Crippen LogP contribution < -0.4 is 5.73 Å². The second kappa shape index (κ2) is 4.26. The lowest BCUT2D eigenvalue weighted by Crippen LogP contribution is -2.27. The van der Waals surface area contributed by atoms with Gasteiger partial charge in [-0.1, -0.05) is 30.3 Å². The molecule has 0 amide bonds. The smallest absolute Gasteiger partial charge is 0.316 e. The molecule has 3 heteroatoms. The van der Waals surface area contributed by atoms with E-state index in [9.17, 15) is 4.79 Å². The summed E-state index contributed by atoms with van der Waals surface area (Å²) >= 11 is 0. The van der Waals surface area contributed by atoms with Crippen LogP contribution in [0.25, 0.3) is 0 Å². The first kappa shape index (κ1) is 11.1. The molecule has 1 saturated carbocycles. The molecule has 3 nitrogen and oxygen atoms in total. The summed E-state index contributed by atoms with van der Waals surface area (Å²) in [6.07, 6.45) is 0.812. The van der Waals surface area contributed by atoms with E-state index in [0.717, 1.165) is 12.0 Å². The van der Waals surface area contributed by atoms with E-state index < -0.39 is 5.41 Å². The molecule has 0 saturated heterocycles. The molecule has 0 aromatic heterocycles. The van der Waals surface area contributed by atoms with Gasteiger partial charge in [-0.25, -0.2) is 0 Å². The monoisotopic (exact) mass is 219 g/mol. The summed E-state index contributed by atoms with van der Waals surface area (Å²) in [5.41, 5.74) is 6.24. The van der Waals surface area contributed by atoms with Crippen molar-refractivity contribution in [1.82, 2.24) is 0 Å². The van der Waals surface area contributed by atoms with Crippen molar-refractivity contribution in [2.75, 3.05) is 13.2 Å². The zero-order valence-corrected chi connectivity index (χ0v) is 9.48. The van der Waals surface area contributed by atoms with Crippen molar-refractivity contribution < 1.29 is 9.53 Å². The number of nitrogens with two attached hydrogens (primary N) is 1. The first-order chi connectivity index (χ1) is 7.75. The number of hydrogen-bond acceptors (Lipinski definition) is 3. The molecule has 0 aliphatic heterocycles. The maximum Gasteiger partial charge on any atom is 0.316 e. The Morgan fingerprint density at radius 1 is 1.50 bits per heavy atom. The number of carbonyl (C=O) groups is 1. The van der Waals surface area contributed by atoms with Crippen LogP contribution in [0.3, 0.4) is 0 Å². The van der Waals surface area contributed by atoms with Crippen LogP contribution in [0.15, 0.2) is 30.3 Å². The van der Waals surface area contributed by atoms with Crippen LogP contribution in [0.1, 0.15) is 18.9 Å². The normalized spacial score (nSPS) is 27.5. The zero-order valence-electron chi connectivity index (χ0n) is 9.48. The Kier molecular flexibility index (Phi) is 2.97. The number of hydrogen-bond donors (Lipinski definition) is 1. The van der Waals surface area contributed by atoms with Gasteiger partial charge in [0.15, 0.2) is 0 Å². The summed E-state index contributed by atoms with van der Waals surface area (Å²) in [6.45, 7) is 2.79. The number of benzene rings is 1. The van der Waals surface area contributed by atoms with E-state index in [2.05, 4.69) is 0 Å². The molecule has 0 spiro atoms. The van der Waals surface area contributed by atoms with Crippen LogP contribution in [0.5, 0.6) is 0 Å². The van der Waals surface area contributed by atoms with Crippen LogP contribution >= 0.6 is 0 Å². The quantitative estimate of drug-likeness (QED) is 0.780. The maximum atomic E-state index is 12.0. The van der Waals surface area contributed by atoms with Gasteiger partial charge in [-0.2, -0.15) is 0 Å². The predicted molar refractivity (Wildman–Crippen MR) is 61.9 cm³/mol. The van der Waals surface area contributed by atoms with Gasteiger partial charge in [0.05, 0.1) is 12.0 Å². The third-order valence-electron chi connectivity index (χ3n) is 3.32. The van der Waals surface area contributed by atoms with Crippen molar-refractivity contribution in [2.24, 2.45) is 11.7 Å². The van der Waals surface area contributed by atoms with E-state index in [-0.39, 0.29) is 11.9 Å². The third kappa shape index (κ3) is 1.61. The Bertz CT molecular complexity index is 377. The largest absolute Gasteiger partial charge is 0.465 e. The fourth-order valence-corrected chi connectivity index (χ4v) is 2.33. The standard InChI is InChI=1S/C13H17NO2/c1-2-16-12(15)13(8-11(13)9-14)10-6-4-3-5-7-10/h3-7,11H,2,8-9,14H2,1H3/t11?,13-/m1/s1. The van der Waals surface area contributed by atoms with E-state index in [4.69, 9.17) is 10.5 Å². The molecular weight excluding hydrogens is 202 g/mol. The molecule has 1 aromatic rings. The highest BCUT2D eigenvalue weighted by Crippen LogP contribution is 2.54. The van der Waals surface area contributed by atoms with Crippen LogP contribution in [0.4, 0.5) is 0 Å². The van der Waals surface area contributed by atoms with Crippen LogP contribution in [-0.2, 0) is 14.9 Å². The lowest BCUT2D eigenvalue weighted by Gasteiger charge is -2.15. The Morgan fingerprint density at radius 3 is 2.69 bits per heavy atom. The van der Waals surface area contributed by atoms with E-state index >= 15 is 0 Å². The second-order valence-corrected chi connectivity index (χ2v) is 4.19. The summed E-state index contributed by atoms with van der Waals surface area (Å²) < 4.78 is 5.16. The Hall–Kier alpha value is -1.35. The fourth-order valence-electron chi connectivity index (χ4n) is 2.33. The molecule has 2 N–H and O–H groups in total. The van der Waals surface area contributed by atoms with E-state index in [1.165, 1.54) is 0 Å². The van der Waals surface area contributed by atoms with Gasteiger partial charge in [-0.3, -0.25) is 4.79 Å². The number of carbonyl (C=O) groups excluding carboxylic acids is 1. The van der Waals surface area contributed by atoms with Crippen LogP contribution in [0.2, 0.25) is 0 Å². The van der Waals surface area contributed by atoms with Crippen LogP contribution in [-0.4, -0.2) is 19.1 Å². The van der Waals surface area contributed by atoms with E-state index in [1.54, 1.807) is 0 Å². The van der Waals surface area contributed by atoms with Gasteiger partial charge in [0.25, 0.3) is 0 Å². The van der Waals surface area contributed by atoms with E-state index in [0.29, 0.717) is 13.2 Å². The van der Waals surface area contributed by atoms with Crippen LogP contribution in [0, 0.1) is 5.92 Å². The summed E-state index contributed by atoms with van der Waals surface area (Å²) in [7, 11) is 0. The molecular formula is C13H17NO2. The molecule has 2 atom stereocenters. The van der Waals surface area contributed by atoms with Gasteiger partial charge in [0.1, 0.15) is 0 Å². The van der Waals surface area contributed by atoms with Gasteiger partial charge >= 0.3 is 5.97 Å². The number of ether oxygens (including phenoxy) is 1. The molecule has 1 fully saturated rings. The van der Waals surface area contributed by atoms with Gasteiger partial charge in [-0.15, -0.1) is 0 Å². The molecule has 0 heterocycles. The zero-order chi connectivity index (χ0) is 11.6. The van der Waals surface area contributed by atoms with Crippen molar-refractivity contribution in [1.29, 1.82) is 0 Å². The molecule has 86 valence electrons. The van der Waals surface area contributed by atoms with Gasteiger partial charge in [0.2, 0.25) is 0 Å². The Labute approximate surface area is 95.6 Å². The number of rotatable bonds is 4. The molecule has 1 unspecified atom stereocenters. The maximum absolute atomic E-state index is 12.0. The lowest BCUT2D eigenvalue weighted by molar-refractivity contribution is -0.146. The molecule has 1 aliphatic rings. The highest BCUT2D eigenvalue weighted by atomic mass is 16.5. The average Bonchev–Trinajstić information content (AvgIpc) is 3.06. The van der Waals surface area contributed by atoms with Crippen molar-refractivity contribution in [3.63, 3.8) is 0 Å². The topological polar surface area (TPSA) is 52.3 Å².